The van der Waals surface area contributed by atoms with Crippen molar-refractivity contribution in [2.45, 2.75) is 38.1 Å². The molecule has 3 heterocycles. The molecule has 2 N–H and O–H groups in total. The number of halogens is 2. The maximum absolute atomic E-state index is 13.2. The molecule has 2 saturated heterocycles. The number of likely N-dealkylation sites (tertiary alicyclic amines) is 1. The molecule has 2 aliphatic heterocycles. The quantitative estimate of drug-likeness (QED) is 0.448. The summed E-state index contributed by atoms with van der Waals surface area (Å²) in [6.07, 6.45) is 5.30. The number of pyridine rings is 1. The number of aromatic nitrogens is 1. The fourth-order valence-corrected chi connectivity index (χ4v) is 6.56. The molecule has 36 heavy (non-hydrogen) atoms. The van der Waals surface area contributed by atoms with E-state index in [-0.39, 0.29) is 23.9 Å². The Hall–Kier alpha value is -2.36. The molecule has 192 valence electrons. The van der Waals surface area contributed by atoms with Crippen molar-refractivity contribution < 1.29 is 14.3 Å². The molecule has 1 atom stereocenters. The summed E-state index contributed by atoms with van der Waals surface area (Å²) in [5.41, 5.74) is 9.46. The molecule has 10 heteroatoms. The molecule has 1 aliphatic carbocycles. The molecule has 3 aliphatic rings. The Labute approximate surface area is 224 Å². The number of hydrogen-bond acceptors (Lipinski definition) is 4. The van der Waals surface area contributed by atoms with Crippen molar-refractivity contribution in [1.29, 1.82) is 0 Å². The van der Waals surface area contributed by atoms with E-state index in [4.69, 9.17) is 17.3 Å². The van der Waals surface area contributed by atoms with Gasteiger partial charge in [-0.2, -0.15) is 4.73 Å². The number of carbonyl (C=O) groups excluding carboxylic acids is 2. The number of primary amides is 1. The van der Waals surface area contributed by atoms with E-state index in [2.05, 4.69) is 26.9 Å². The highest BCUT2D eigenvalue weighted by Crippen LogP contribution is 2.37. The highest BCUT2D eigenvalue weighted by Gasteiger charge is 2.37. The lowest BCUT2D eigenvalue weighted by molar-refractivity contribution is -0.617. The predicted molar refractivity (Wildman–Crippen MR) is 140 cm³/mol. The minimum atomic E-state index is -0.383. The largest absolute Gasteiger partial charge is 0.618 e. The number of rotatable bonds is 3. The first-order valence-electron chi connectivity index (χ1n) is 12.6. The number of carbonyl (C=O) groups is 2. The van der Waals surface area contributed by atoms with Crippen LogP contribution in [0.2, 0.25) is 5.02 Å². The first kappa shape index (κ1) is 25.3. The average molecular weight is 577 g/mol. The lowest BCUT2D eigenvalue weighted by Gasteiger charge is -2.39. The average Bonchev–Trinajstić information content (AvgIpc) is 3.01. The lowest BCUT2D eigenvalue weighted by atomic mass is 9.93. The molecule has 0 radical (unpaired) electrons. The Bertz CT molecular complexity index is 1160. The third kappa shape index (κ3) is 5.19. The van der Waals surface area contributed by atoms with Gasteiger partial charge in [-0.25, -0.2) is 4.79 Å². The summed E-state index contributed by atoms with van der Waals surface area (Å²) >= 11 is 9.81. The first-order chi connectivity index (χ1) is 17.3. The zero-order chi connectivity index (χ0) is 25.4. The summed E-state index contributed by atoms with van der Waals surface area (Å²) in [5, 5.41) is 13.9. The summed E-state index contributed by atoms with van der Waals surface area (Å²) in [4.78, 5) is 30.4. The molecule has 1 aromatic heterocycles. The highest BCUT2D eigenvalue weighted by molar-refractivity contribution is 9.10. The molecule has 2 fully saturated rings. The second-order valence-corrected chi connectivity index (χ2v) is 11.4. The topological polar surface area (TPSA) is 96.8 Å². The van der Waals surface area contributed by atoms with Crippen molar-refractivity contribution in [3.05, 3.63) is 67.5 Å². The van der Waals surface area contributed by atoms with Gasteiger partial charge in [-0.05, 0) is 76.9 Å². The molecular formula is C26H31BrClN5O3. The van der Waals surface area contributed by atoms with Gasteiger partial charge in [0.15, 0.2) is 6.20 Å². The van der Waals surface area contributed by atoms with Crippen LogP contribution in [0.5, 0.6) is 0 Å². The van der Waals surface area contributed by atoms with Crippen LogP contribution in [0.3, 0.4) is 0 Å². The molecule has 0 unspecified atom stereocenters. The Morgan fingerprint density at radius 3 is 2.42 bits per heavy atom. The molecule has 5 rings (SSSR count). The number of nitrogens with zero attached hydrogens (tertiary/aromatic N) is 4. The van der Waals surface area contributed by atoms with Crippen molar-refractivity contribution in [3.63, 3.8) is 0 Å². The number of amides is 3. The SMILES string of the molecule is NC(=O)N1CCC(CC(=O)N2CCN([C@@H]3c4ccc(Cl)cc4CCc4cc(Br)c[n+]([O-])c43)CC2)CC1. The monoisotopic (exact) mass is 575 g/mol. The lowest BCUT2D eigenvalue weighted by Crippen LogP contribution is -2.52. The fraction of sp³-hybridized carbons (Fsp3) is 0.500. The van der Waals surface area contributed by atoms with E-state index in [0.29, 0.717) is 50.7 Å². The summed E-state index contributed by atoms with van der Waals surface area (Å²) < 4.78 is 1.78. The van der Waals surface area contributed by atoms with Crippen molar-refractivity contribution in [1.82, 2.24) is 14.7 Å². The molecule has 2 aromatic rings. The van der Waals surface area contributed by atoms with Gasteiger partial charge in [-0.15, -0.1) is 0 Å². The fourth-order valence-electron chi connectivity index (χ4n) is 5.90. The van der Waals surface area contributed by atoms with E-state index < -0.39 is 0 Å². The Balaban J connectivity index is 1.31. The van der Waals surface area contributed by atoms with Gasteiger partial charge in [0, 0.05) is 56.3 Å². The van der Waals surface area contributed by atoms with Crippen LogP contribution in [0.25, 0.3) is 0 Å². The highest BCUT2D eigenvalue weighted by atomic mass is 79.9. The normalized spacial score (nSPS) is 21.0. The second kappa shape index (κ2) is 10.6. The second-order valence-electron chi connectivity index (χ2n) is 10.0. The van der Waals surface area contributed by atoms with Crippen LogP contribution < -0.4 is 10.5 Å². The number of piperazine rings is 1. The standard InChI is InChI=1S/C26H31BrClN5O3/c27-20-14-19-2-1-18-15-21(28)3-4-22(18)25(24(19)33(36)16-20)31-11-9-30(10-12-31)23(34)13-17-5-7-32(8-6-17)26(29)35/h3-4,14-17,25H,1-2,5-13H2,(H2,29,35)/t25-/m1/s1. The van der Waals surface area contributed by atoms with E-state index in [0.717, 1.165) is 51.7 Å². The molecule has 0 spiro atoms. The summed E-state index contributed by atoms with van der Waals surface area (Å²) in [5.74, 6) is 0.456. The van der Waals surface area contributed by atoms with Crippen molar-refractivity contribution in [3.8, 4) is 0 Å². The Morgan fingerprint density at radius 2 is 1.72 bits per heavy atom. The van der Waals surface area contributed by atoms with Crippen LogP contribution in [0.4, 0.5) is 4.79 Å². The number of hydrogen-bond donors (Lipinski definition) is 1. The van der Waals surface area contributed by atoms with Crippen molar-refractivity contribution in [2.75, 3.05) is 39.3 Å². The van der Waals surface area contributed by atoms with Crippen LogP contribution >= 0.6 is 27.5 Å². The van der Waals surface area contributed by atoms with E-state index >= 15 is 0 Å². The minimum Gasteiger partial charge on any atom is -0.618 e. The van der Waals surface area contributed by atoms with E-state index in [1.54, 1.807) is 11.1 Å². The van der Waals surface area contributed by atoms with Crippen LogP contribution in [0, 0.1) is 11.1 Å². The van der Waals surface area contributed by atoms with Gasteiger partial charge in [0.2, 0.25) is 11.6 Å². The zero-order valence-corrected chi connectivity index (χ0v) is 22.5. The van der Waals surface area contributed by atoms with Gasteiger partial charge in [-0.3, -0.25) is 9.69 Å². The molecular weight excluding hydrogens is 546 g/mol. The van der Waals surface area contributed by atoms with Gasteiger partial charge in [0.05, 0.1) is 4.47 Å². The van der Waals surface area contributed by atoms with E-state index in [1.807, 2.05) is 23.1 Å². The Morgan fingerprint density at radius 1 is 1.03 bits per heavy atom. The third-order valence-electron chi connectivity index (χ3n) is 7.86. The van der Waals surface area contributed by atoms with Gasteiger partial charge >= 0.3 is 6.03 Å². The van der Waals surface area contributed by atoms with Gasteiger partial charge in [0.25, 0.3) is 0 Å². The molecule has 1 aromatic carbocycles. The molecule has 0 saturated carbocycles. The van der Waals surface area contributed by atoms with Crippen molar-refractivity contribution in [2.24, 2.45) is 11.7 Å². The van der Waals surface area contributed by atoms with Crippen LogP contribution in [-0.4, -0.2) is 65.9 Å². The number of fused-ring (bicyclic) bond motifs is 2. The maximum Gasteiger partial charge on any atom is 0.314 e. The van der Waals surface area contributed by atoms with Crippen LogP contribution in [0.15, 0.2) is 34.9 Å². The van der Waals surface area contributed by atoms with Crippen molar-refractivity contribution >= 4 is 39.5 Å². The smallest absolute Gasteiger partial charge is 0.314 e. The number of aryl methyl sites for hydroxylation is 2. The predicted octanol–water partition coefficient (Wildman–Crippen LogP) is 3.25. The molecule has 3 amide bonds. The van der Waals surface area contributed by atoms with Crippen LogP contribution in [-0.2, 0) is 17.6 Å². The summed E-state index contributed by atoms with van der Waals surface area (Å²) in [7, 11) is 0. The third-order valence-corrected chi connectivity index (χ3v) is 8.53. The van der Waals surface area contributed by atoms with Crippen LogP contribution in [0.1, 0.15) is 47.7 Å². The van der Waals surface area contributed by atoms with Gasteiger partial charge < -0.3 is 20.7 Å². The number of benzene rings is 1. The maximum atomic E-state index is 13.2. The van der Waals surface area contributed by atoms with E-state index in [1.165, 1.54) is 5.56 Å². The summed E-state index contributed by atoms with van der Waals surface area (Å²) in [6, 6.07) is 7.45. The summed E-state index contributed by atoms with van der Waals surface area (Å²) in [6.45, 7) is 3.88. The van der Waals surface area contributed by atoms with Gasteiger partial charge in [-0.1, -0.05) is 17.7 Å². The molecule has 0 bridgehead atoms. The number of nitrogens with two attached hydrogens (primary N) is 1. The first-order valence-corrected chi connectivity index (χ1v) is 13.7. The zero-order valence-electron chi connectivity index (χ0n) is 20.2. The minimum absolute atomic E-state index is 0.170. The van der Waals surface area contributed by atoms with E-state index in [9.17, 15) is 14.8 Å². The Kier molecular flexibility index (Phi) is 7.42. The molecule has 8 nitrogen and oxygen atoms in total. The number of piperidine rings is 1. The van der Waals surface area contributed by atoms with Gasteiger partial charge in [0.1, 0.15) is 6.04 Å². The number of urea groups is 1.